The number of hydrogen-bond acceptors (Lipinski definition) is 6. The van der Waals surface area contributed by atoms with E-state index in [-0.39, 0.29) is 28.7 Å². The fourth-order valence-electron chi connectivity index (χ4n) is 4.83. The molecule has 0 saturated heterocycles. The molecule has 0 aliphatic heterocycles. The van der Waals surface area contributed by atoms with E-state index in [0.717, 1.165) is 25.1 Å². The molecule has 9 nitrogen and oxygen atoms in total. The third-order valence-corrected chi connectivity index (χ3v) is 7.21. The van der Waals surface area contributed by atoms with Crippen LogP contribution in [0.25, 0.3) is 11.0 Å². The van der Waals surface area contributed by atoms with Crippen LogP contribution < -0.4 is 5.56 Å². The number of halogens is 3. The smallest absolute Gasteiger partial charge is 0.309 e. The zero-order valence-corrected chi connectivity index (χ0v) is 19.2. The zero-order valence-electron chi connectivity index (χ0n) is 19.2. The number of aromatic nitrogens is 7. The molecule has 4 aromatic heterocycles. The number of aromatic amines is 1. The first-order chi connectivity index (χ1) is 17.2. The molecular formula is C24H21F3N8O. The summed E-state index contributed by atoms with van der Waals surface area (Å²) >= 11 is 0. The van der Waals surface area contributed by atoms with Crippen LogP contribution in [-0.2, 0) is 6.18 Å². The second-order valence-corrected chi connectivity index (χ2v) is 9.48. The van der Waals surface area contributed by atoms with Crippen molar-refractivity contribution >= 4 is 11.0 Å². The van der Waals surface area contributed by atoms with Gasteiger partial charge in [-0.25, -0.2) is 9.67 Å². The van der Waals surface area contributed by atoms with Crippen LogP contribution >= 0.6 is 0 Å². The highest BCUT2D eigenvalue weighted by Gasteiger charge is 2.38. The second-order valence-electron chi connectivity index (χ2n) is 9.48. The number of rotatable bonds is 5. The van der Waals surface area contributed by atoms with E-state index >= 15 is 0 Å². The quantitative estimate of drug-likeness (QED) is 0.444. The van der Waals surface area contributed by atoms with Gasteiger partial charge in [0.25, 0.3) is 5.56 Å². The van der Waals surface area contributed by atoms with E-state index in [9.17, 15) is 23.2 Å². The molecule has 1 N–H and O–H groups in total. The fraction of sp³-hybridized carbons (Fsp3) is 0.417. The Labute approximate surface area is 202 Å². The van der Waals surface area contributed by atoms with Crippen molar-refractivity contribution in [1.82, 2.24) is 34.5 Å². The highest BCUT2D eigenvalue weighted by molar-refractivity contribution is 5.80. The largest absolute Gasteiger partial charge is 0.433 e. The Hall–Kier alpha value is -4.01. The van der Waals surface area contributed by atoms with Gasteiger partial charge in [0.05, 0.1) is 18.3 Å². The molecule has 2 saturated carbocycles. The molecule has 2 aliphatic carbocycles. The number of pyridine rings is 1. The lowest BCUT2D eigenvalue weighted by Gasteiger charge is -2.35. The van der Waals surface area contributed by atoms with Crippen LogP contribution in [0.15, 0.2) is 35.5 Å². The predicted octanol–water partition coefficient (Wildman–Crippen LogP) is 4.21. The molecule has 2 fully saturated rings. The van der Waals surface area contributed by atoms with E-state index in [1.807, 2.05) is 16.9 Å². The van der Waals surface area contributed by atoms with Crippen molar-refractivity contribution in [3.05, 3.63) is 69.4 Å². The molecule has 4 heterocycles. The maximum absolute atomic E-state index is 13.0. The Kier molecular flexibility index (Phi) is 5.00. The molecule has 1 unspecified atom stereocenters. The van der Waals surface area contributed by atoms with Crippen LogP contribution in [0.4, 0.5) is 13.2 Å². The first-order valence-electron chi connectivity index (χ1n) is 11.7. The van der Waals surface area contributed by atoms with Crippen molar-refractivity contribution in [3.8, 4) is 6.07 Å². The van der Waals surface area contributed by atoms with Gasteiger partial charge in [0, 0.05) is 18.3 Å². The van der Waals surface area contributed by atoms with Crippen molar-refractivity contribution in [2.75, 3.05) is 0 Å². The molecule has 12 heteroatoms. The van der Waals surface area contributed by atoms with Crippen molar-refractivity contribution in [1.29, 1.82) is 5.26 Å². The van der Waals surface area contributed by atoms with E-state index in [0.29, 0.717) is 17.3 Å². The molecule has 36 heavy (non-hydrogen) atoms. The van der Waals surface area contributed by atoms with E-state index in [4.69, 9.17) is 4.98 Å². The van der Waals surface area contributed by atoms with Crippen molar-refractivity contribution in [2.45, 2.75) is 62.7 Å². The summed E-state index contributed by atoms with van der Waals surface area (Å²) in [4.78, 5) is 24.1. The number of nitrogens with zero attached hydrogens (tertiary/aromatic N) is 7. The summed E-state index contributed by atoms with van der Waals surface area (Å²) < 4.78 is 42.1. The summed E-state index contributed by atoms with van der Waals surface area (Å²) in [5, 5.41) is 18.4. The Morgan fingerprint density at radius 3 is 2.61 bits per heavy atom. The summed E-state index contributed by atoms with van der Waals surface area (Å²) in [5.41, 5.74) is 0.309. The molecule has 4 aromatic rings. The monoisotopic (exact) mass is 494 g/mol. The lowest BCUT2D eigenvalue weighted by Crippen LogP contribution is -2.30. The van der Waals surface area contributed by atoms with Crippen LogP contribution in [-0.4, -0.2) is 34.5 Å². The molecule has 0 radical (unpaired) electrons. The van der Waals surface area contributed by atoms with Gasteiger partial charge in [-0.05, 0) is 55.7 Å². The van der Waals surface area contributed by atoms with Crippen LogP contribution in [0.3, 0.4) is 0 Å². The minimum Gasteiger partial charge on any atom is -0.309 e. The minimum absolute atomic E-state index is 0.0546. The Morgan fingerprint density at radius 1 is 1.19 bits per heavy atom. The maximum atomic E-state index is 13.0. The Bertz CT molecular complexity index is 1560. The lowest BCUT2D eigenvalue weighted by molar-refractivity contribution is -0.141. The highest BCUT2D eigenvalue weighted by Crippen LogP contribution is 2.46. The first kappa shape index (κ1) is 22.5. The van der Waals surface area contributed by atoms with Crippen molar-refractivity contribution in [2.24, 2.45) is 0 Å². The highest BCUT2D eigenvalue weighted by atomic mass is 19.4. The summed E-state index contributed by atoms with van der Waals surface area (Å²) in [6.07, 6.45) is 4.63. The van der Waals surface area contributed by atoms with Gasteiger partial charge in [-0.15, -0.1) is 0 Å². The lowest BCUT2D eigenvalue weighted by atomic mass is 9.79. The van der Waals surface area contributed by atoms with Gasteiger partial charge in [-0.1, -0.05) is 6.07 Å². The average Bonchev–Trinajstić information content (AvgIpc) is 3.45. The van der Waals surface area contributed by atoms with E-state index < -0.39 is 23.5 Å². The number of H-pyrrole nitrogens is 1. The van der Waals surface area contributed by atoms with Gasteiger partial charge < -0.3 is 4.98 Å². The molecule has 0 bridgehead atoms. The van der Waals surface area contributed by atoms with Crippen molar-refractivity contribution in [3.63, 3.8) is 0 Å². The Morgan fingerprint density at radius 2 is 2.00 bits per heavy atom. The first-order valence-corrected chi connectivity index (χ1v) is 11.7. The average molecular weight is 494 g/mol. The number of alkyl halides is 3. The van der Waals surface area contributed by atoms with E-state index in [2.05, 4.69) is 26.4 Å². The van der Waals surface area contributed by atoms with E-state index in [1.165, 1.54) is 29.2 Å². The molecule has 0 aromatic carbocycles. The maximum Gasteiger partial charge on any atom is 0.433 e. The summed E-state index contributed by atoms with van der Waals surface area (Å²) in [6.45, 7) is 1.70. The predicted molar refractivity (Wildman–Crippen MR) is 121 cm³/mol. The molecule has 184 valence electrons. The SMILES string of the molecule is CC(c1ccc(C(F)(F)F)nc1)n1nc(C#N)c2c(=O)[nH]c([C@H]3CC[C@@H]3n3cc(C4CC4)cn3)nc21. The molecule has 2 aliphatic rings. The van der Waals surface area contributed by atoms with Crippen molar-refractivity contribution < 1.29 is 13.2 Å². The molecule has 0 spiro atoms. The summed E-state index contributed by atoms with van der Waals surface area (Å²) in [5.74, 6) is 1.01. The summed E-state index contributed by atoms with van der Waals surface area (Å²) in [7, 11) is 0. The molecule has 3 atom stereocenters. The standard InChI is InChI=1S/C24H21F3N8O/c1-12(14-4-7-19(29-9-14)24(25,26)27)35-22-20(17(8-28)33-35)23(36)32-21(31-22)16-5-6-18(16)34-11-15(10-30-34)13-2-3-13/h4,7,9-13,16,18H,2-3,5-6H2,1H3,(H,31,32,36)/t12?,16-,18-/m0/s1. The fourth-order valence-corrected chi connectivity index (χ4v) is 4.83. The second kappa shape index (κ2) is 8.01. The molecule has 0 amide bonds. The number of nitriles is 1. The number of nitrogens with one attached hydrogen (secondary N) is 1. The molecule has 6 rings (SSSR count). The normalized spacial score (nSPS) is 20.8. The van der Waals surface area contributed by atoms with Gasteiger partial charge in [-0.3, -0.25) is 14.5 Å². The van der Waals surface area contributed by atoms with Crippen LogP contribution in [0, 0.1) is 11.3 Å². The van der Waals surface area contributed by atoms with Gasteiger partial charge in [0.2, 0.25) is 0 Å². The van der Waals surface area contributed by atoms with Crippen LogP contribution in [0.1, 0.15) is 84.9 Å². The molecular weight excluding hydrogens is 473 g/mol. The van der Waals surface area contributed by atoms with Gasteiger partial charge in [0.15, 0.2) is 11.3 Å². The minimum atomic E-state index is -4.55. The number of fused-ring (bicyclic) bond motifs is 1. The van der Waals surface area contributed by atoms with Crippen LogP contribution in [0.5, 0.6) is 0 Å². The number of hydrogen-bond donors (Lipinski definition) is 1. The Balaban J connectivity index is 1.38. The third kappa shape index (κ3) is 3.66. The third-order valence-electron chi connectivity index (χ3n) is 7.21. The zero-order chi connectivity index (χ0) is 25.2. The van der Waals surface area contributed by atoms with E-state index in [1.54, 1.807) is 6.92 Å². The van der Waals surface area contributed by atoms with Crippen LogP contribution in [0.2, 0.25) is 0 Å². The topological polar surface area (TPSA) is 118 Å². The van der Waals surface area contributed by atoms with Gasteiger partial charge in [-0.2, -0.15) is 28.6 Å². The van der Waals surface area contributed by atoms with Gasteiger partial charge >= 0.3 is 6.18 Å². The van der Waals surface area contributed by atoms with Gasteiger partial charge in [0.1, 0.15) is 23.0 Å². The summed E-state index contributed by atoms with van der Waals surface area (Å²) in [6, 6.07) is 3.58.